The number of carbonyl (C=O) groups excluding carboxylic acids is 2. The van der Waals surface area contributed by atoms with E-state index in [1.54, 1.807) is 37.3 Å². The molecule has 1 N–H and O–H groups in total. The van der Waals surface area contributed by atoms with Crippen LogP contribution < -0.4 is 9.62 Å². The van der Waals surface area contributed by atoms with E-state index in [2.05, 4.69) is 5.32 Å². The summed E-state index contributed by atoms with van der Waals surface area (Å²) in [5.74, 6) is -1.59. The van der Waals surface area contributed by atoms with Crippen molar-refractivity contribution >= 4 is 27.5 Å². The van der Waals surface area contributed by atoms with Gasteiger partial charge in [-0.25, -0.2) is 12.8 Å². The normalized spacial score (nSPS) is 12.5. The average molecular weight is 568 g/mol. The van der Waals surface area contributed by atoms with Crippen LogP contribution in [0.3, 0.4) is 0 Å². The summed E-state index contributed by atoms with van der Waals surface area (Å²) < 4.78 is 43.7. The lowest BCUT2D eigenvalue weighted by Gasteiger charge is -2.34. The Morgan fingerprint density at radius 3 is 2.08 bits per heavy atom. The summed E-state index contributed by atoms with van der Waals surface area (Å²) in [7, 11) is -4.18. The van der Waals surface area contributed by atoms with E-state index in [0.717, 1.165) is 15.4 Å². The van der Waals surface area contributed by atoms with Crippen molar-refractivity contribution in [2.24, 2.45) is 0 Å². The molecular formula is C31H38FN3O4S. The summed E-state index contributed by atoms with van der Waals surface area (Å²) in [5, 5.41) is 2.86. The summed E-state index contributed by atoms with van der Waals surface area (Å²) in [5.41, 5.74) is 1.65. The van der Waals surface area contributed by atoms with Crippen molar-refractivity contribution in [3.8, 4) is 0 Å². The second-order valence-electron chi connectivity index (χ2n) is 10.8. The van der Waals surface area contributed by atoms with Crippen molar-refractivity contribution in [3.05, 3.63) is 95.3 Å². The standard InChI is InChI=1S/C31H38FN3O4S/c1-7-24-12-9-11-15-28(24)35(40(38,39)26-18-16-22(2)17-19-26)21-29(36)34(20-25-13-8-10-14-27(25)32)23(3)30(37)33-31(4,5)6/h8-19,23H,7,20-21H2,1-6H3,(H,33,37). The van der Waals surface area contributed by atoms with Gasteiger partial charge in [0.25, 0.3) is 10.0 Å². The highest BCUT2D eigenvalue weighted by Gasteiger charge is 2.34. The van der Waals surface area contributed by atoms with Crippen LogP contribution in [0.25, 0.3) is 0 Å². The van der Waals surface area contributed by atoms with Gasteiger partial charge in [-0.1, -0.05) is 61.0 Å². The second-order valence-corrected chi connectivity index (χ2v) is 12.7. The largest absolute Gasteiger partial charge is 0.350 e. The second kappa shape index (κ2) is 12.6. The molecule has 0 aromatic heterocycles. The fourth-order valence-corrected chi connectivity index (χ4v) is 5.72. The van der Waals surface area contributed by atoms with Gasteiger partial charge >= 0.3 is 0 Å². The van der Waals surface area contributed by atoms with Crippen LogP contribution in [0.4, 0.5) is 10.1 Å². The molecule has 0 heterocycles. The molecule has 7 nitrogen and oxygen atoms in total. The van der Waals surface area contributed by atoms with Crippen LogP contribution in [-0.4, -0.2) is 43.3 Å². The number of halogens is 1. The number of aryl methyl sites for hydroxylation is 2. The highest BCUT2D eigenvalue weighted by atomic mass is 32.2. The maximum atomic E-state index is 14.7. The van der Waals surface area contributed by atoms with E-state index in [9.17, 15) is 22.4 Å². The van der Waals surface area contributed by atoms with Crippen molar-refractivity contribution in [2.75, 3.05) is 10.8 Å². The van der Waals surface area contributed by atoms with Gasteiger partial charge in [-0.3, -0.25) is 13.9 Å². The third-order valence-corrected chi connectivity index (χ3v) is 8.27. The first kappa shape index (κ1) is 30.8. The molecule has 40 heavy (non-hydrogen) atoms. The van der Waals surface area contributed by atoms with E-state index < -0.39 is 45.8 Å². The van der Waals surface area contributed by atoms with E-state index in [1.165, 1.54) is 35.2 Å². The molecule has 1 atom stereocenters. The summed E-state index contributed by atoms with van der Waals surface area (Å²) in [6, 6.07) is 18.4. The number of rotatable bonds is 10. The van der Waals surface area contributed by atoms with Crippen molar-refractivity contribution < 1.29 is 22.4 Å². The first-order valence-electron chi connectivity index (χ1n) is 13.3. The predicted molar refractivity (Wildman–Crippen MR) is 156 cm³/mol. The number of benzene rings is 3. The summed E-state index contributed by atoms with van der Waals surface area (Å²) in [6.45, 7) is 9.98. The molecule has 0 radical (unpaired) electrons. The minimum Gasteiger partial charge on any atom is -0.350 e. The summed E-state index contributed by atoms with van der Waals surface area (Å²) >= 11 is 0. The number of amides is 2. The minimum absolute atomic E-state index is 0.0379. The van der Waals surface area contributed by atoms with Crippen LogP contribution in [0.5, 0.6) is 0 Å². The zero-order chi connectivity index (χ0) is 29.7. The minimum atomic E-state index is -4.18. The Balaban J connectivity index is 2.09. The first-order chi connectivity index (χ1) is 18.7. The average Bonchev–Trinajstić information content (AvgIpc) is 2.90. The van der Waals surface area contributed by atoms with Crippen molar-refractivity contribution in [2.45, 2.75) is 71.0 Å². The van der Waals surface area contributed by atoms with Crippen molar-refractivity contribution in [1.29, 1.82) is 0 Å². The molecule has 0 saturated carbocycles. The van der Waals surface area contributed by atoms with E-state index in [1.807, 2.05) is 46.8 Å². The summed E-state index contributed by atoms with van der Waals surface area (Å²) in [4.78, 5) is 28.4. The van der Waals surface area contributed by atoms with Crippen LogP contribution in [0.15, 0.2) is 77.7 Å². The number of nitrogens with zero attached hydrogens (tertiary/aromatic N) is 2. The Hall–Kier alpha value is -3.72. The number of anilines is 1. The molecule has 2 amide bonds. The van der Waals surface area contributed by atoms with Gasteiger partial charge in [0.1, 0.15) is 18.4 Å². The molecule has 3 rings (SSSR count). The van der Waals surface area contributed by atoms with Gasteiger partial charge in [-0.05, 0) is 70.9 Å². The Morgan fingerprint density at radius 1 is 0.925 bits per heavy atom. The fraction of sp³-hybridized carbons (Fsp3) is 0.355. The highest BCUT2D eigenvalue weighted by molar-refractivity contribution is 7.92. The topological polar surface area (TPSA) is 86.8 Å². The maximum absolute atomic E-state index is 14.7. The molecule has 3 aromatic carbocycles. The van der Waals surface area contributed by atoms with Gasteiger partial charge in [0.2, 0.25) is 11.8 Å². The number of hydrogen-bond acceptors (Lipinski definition) is 4. The van der Waals surface area contributed by atoms with Gasteiger partial charge < -0.3 is 10.2 Å². The summed E-state index contributed by atoms with van der Waals surface area (Å²) in [6.07, 6.45) is 0.535. The van der Waals surface area contributed by atoms with E-state index in [-0.39, 0.29) is 17.0 Å². The monoisotopic (exact) mass is 567 g/mol. The number of carbonyl (C=O) groups is 2. The van der Waals surface area contributed by atoms with Gasteiger partial charge in [0.15, 0.2) is 0 Å². The van der Waals surface area contributed by atoms with Gasteiger partial charge in [-0.15, -0.1) is 0 Å². The molecule has 9 heteroatoms. The molecule has 0 aliphatic carbocycles. The quantitative estimate of drug-likeness (QED) is 0.364. The van der Waals surface area contributed by atoms with Crippen LogP contribution in [-0.2, 0) is 32.6 Å². The molecule has 1 unspecified atom stereocenters. The van der Waals surface area contributed by atoms with E-state index >= 15 is 0 Å². The fourth-order valence-electron chi connectivity index (χ4n) is 4.27. The number of sulfonamides is 1. The lowest BCUT2D eigenvalue weighted by atomic mass is 10.1. The smallest absolute Gasteiger partial charge is 0.264 e. The third kappa shape index (κ3) is 7.47. The lowest BCUT2D eigenvalue weighted by Crippen LogP contribution is -2.54. The number of hydrogen-bond donors (Lipinski definition) is 1. The molecular weight excluding hydrogens is 529 g/mol. The highest BCUT2D eigenvalue weighted by Crippen LogP contribution is 2.28. The zero-order valence-electron chi connectivity index (χ0n) is 23.9. The van der Waals surface area contributed by atoms with E-state index in [4.69, 9.17) is 0 Å². The third-order valence-electron chi connectivity index (χ3n) is 6.49. The Morgan fingerprint density at radius 2 is 1.50 bits per heavy atom. The Kier molecular flexibility index (Phi) is 9.73. The molecule has 0 saturated heterocycles. The molecule has 0 spiro atoms. The van der Waals surface area contributed by atoms with Crippen molar-refractivity contribution in [1.82, 2.24) is 10.2 Å². The van der Waals surface area contributed by atoms with Gasteiger partial charge in [0.05, 0.1) is 10.6 Å². The first-order valence-corrected chi connectivity index (χ1v) is 14.7. The van der Waals surface area contributed by atoms with E-state index in [0.29, 0.717) is 12.1 Å². The lowest BCUT2D eigenvalue weighted by molar-refractivity contribution is -0.140. The molecule has 3 aromatic rings. The van der Waals surface area contributed by atoms with Crippen LogP contribution in [0, 0.1) is 12.7 Å². The number of para-hydroxylation sites is 1. The zero-order valence-corrected chi connectivity index (χ0v) is 24.8. The molecule has 0 aliphatic heterocycles. The van der Waals surface area contributed by atoms with Crippen LogP contribution in [0.1, 0.15) is 51.3 Å². The Bertz CT molecular complexity index is 1450. The molecule has 0 aliphatic rings. The predicted octanol–water partition coefficient (Wildman–Crippen LogP) is 5.22. The maximum Gasteiger partial charge on any atom is 0.264 e. The van der Waals surface area contributed by atoms with Gasteiger partial charge in [-0.2, -0.15) is 0 Å². The van der Waals surface area contributed by atoms with Crippen molar-refractivity contribution in [3.63, 3.8) is 0 Å². The molecule has 214 valence electrons. The van der Waals surface area contributed by atoms with Crippen LogP contribution in [0.2, 0.25) is 0 Å². The molecule has 0 fully saturated rings. The number of nitrogens with one attached hydrogen (secondary N) is 1. The SMILES string of the molecule is CCc1ccccc1N(CC(=O)N(Cc1ccccc1F)C(C)C(=O)NC(C)(C)C)S(=O)(=O)c1ccc(C)cc1. The molecule has 0 bridgehead atoms. The Labute approximate surface area is 237 Å². The van der Waals surface area contributed by atoms with Gasteiger partial charge in [0, 0.05) is 17.6 Å². The van der Waals surface area contributed by atoms with Crippen LogP contribution >= 0.6 is 0 Å².